The van der Waals surface area contributed by atoms with Crippen molar-refractivity contribution in [2.24, 2.45) is 0 Å². The van der Waals surface area contributed by atoms with Crippen LogP contribution in [0.25, 0.3) is 0 Å². The molecule has 1 saturated heterocycles. The van der Waals surface area contributed by atoms with Gasteiger partial charge >= 0.3 is 0 Å². The van der Waals surface area contributed by atoms with E-state index in [1.54, 1.807) is 4.90 Å². The van der Waals surface area contributed by atoms with Crippen LogP contribution in [0, 0.1) is 5.82 Å². The van der Waals surface area contributed by atoms with Crippen molar-refractivity contribution >= 4 is 17.5 Å². The average Bonchev–Trinajstić information content (AvgIpc) is 2.32. The fraction of sp³-hybridized carbons (Fsp3) is 0.462. The lowest BCUT2D eigenvalue weighted by molar-refractivity contribution is 0.0631. The third-order valence-corrected chi connectivity index (χ3v) is 3.46. The molecule has 17 heavy (non-hydrogen) atoms. The van der Waals surface area contributed by atoms with Gasteiger partial charge in [-0.25, -0.2) is 4.39 Å². The van der Waals surface area contributed by atoms with Crippen LogP contribution in [0.3, 0.4) is 0 Å². The minimum Gasteiger partial charge on any atom is -0.336 e. The van der Waals surface area contributed by atoms with Crippen LogP contribution in [0.1, 0.15) is 36.5 Å². The Kier molecular flexibility index (Phi) is 3.67. The largest absolute Gasteiger partial charge is 0.336 e. The van der Waals surface area contributed by atoms with E-state index in [0.29, 0.717) is 11.6 Å². The first kappa shape index (κ1) is 12.4. The predicted octanol–water partition coefficient (Wildman–Crippen LogP) is 3.49. The summed E-state index contributed by atoms with van der Waals surface area (Å²) in [6, 6.07) is 4.27. The smallest absolute Gasteiger partial charge is 0.257 e. The van der Waals surface area contributed by atoms with E-state index in [2.05, 4.69) is 0 Å². The highest BCUT2D eigenvalue weighted by Gasteiger charge is 2.26. The summed E-state index contributed by atoms with van der Waals surface area (Å²) in [5.41, 5.74) is 0.0752. The van der Waals surface area contributed by atoms with E-state index in [9.17, 15) is 9.18 Å². The summed E-state index contributed by atoms with van der Waals surface area (Å²) in [6.45, 7) is 2.70. The van der Waals surface area contributed by atoms with Crippen molar-refractivity contribution in [2.75, 3.05) is 6.54 Å². The molecule has 0 spiro atoms. The van der Waals surface area contributed by atoms with Gasteiger partial charge in [0.1, 0.15) is 5.82 Å². The minimum absolute atomic E-state index is 0.0752. The Morgan fingerprint density at radius 2 is 2.24 bits per heavy atom. The molecule has 1 heterocycles. The van der Waals surface area contributed by atoms with Gasteiger partial charge in [0.2, 0.25) is 0 Å². The second kappa shape index (κ2) is 5.05. The molecule has 1 aromatic carbocycles. The van der Waals surface area contributed by atoms with Crippen LogP contribution in [0.4, 0.5) is 4.39 Å². The van der Waals surface area contributed by atoms with Gasteiger partial charge in [0.25, 0.3) is 5.91 Å². The number of nitrogens with zero attached hydrogens (tertiary/aromatic N) is 1. The number of benzene rings is 1. The van der Waals surface area contributed by atoms with Crippen LogP contribution >= 0.6 is 11.6 Å². The Hall–Kier alpha value is -1.09. The Morgan fingerprint density at radius 1 is 1.47 bits per heavy atom. The topological polar surface area (TPSA) is 20.3 Å². The van der Waals surface area contributed by atoms with Crippen LogP contribution in [-0.2, 0) is 0 Å². The molecule has 1 atom stereocenters. The number of carbonyl (C=O) groups excluding carboxylic acids is 1. The molecule has 1 amide bonds. The van der Waals surface area contributed by atoms with Gasteiger partial charge in [-0.2, -0.15) is 0 Å². The van der Waals surface area contributed by atoms with E-state index in [1.165, 1.54) is 18.2 Å². The molecule has 0 aliphatic carbocycles. The second-order valence-electron chi connectivity index (χ2n) is 4.47. The molecule has 0 saturated carbocycles. The van der Waals surface area contributed by atoms with Gasteiger partial charge in [0, 0.05) is 17.6 Å². The highest BCUT2D eigenvalue weighted by Crippen LogP contribution is 2.22. The third kappa shape index (κ3) is 2.60. The van der Waals surface area contributed by atoms with E-state index in [-0.39, 0.29) is 17.5 Å². The van der Waals surface area contributed by atoms with Crippen molar-refractivity contribution in [1.82, 2.24) is 4.90 Å². The third-order valence-electron chi connectivity index (χ3n) is 3.22. The molecule has 92 valence electrons. The first-order valence-corrected chi connectivity index (χ1v) is 6.23. The number of likely N-dealkylation sites (tertiary alicyclic amines) is 1. The summed E-state index contributed by atoms with van der Waals surface area (Å²) in [5.74, 6) is -0.755. The summed E-state index contributed by atoms with van der Waals surface area (Å²) in [4.78, 5) is 13.9. The Bertz CT molecular complexity index is 435. The summed E-state index contributed by atoms with van der Waals surface area (Å²) >= 11 is 5.80. The summed E-state index contributed by atoms with van der Waals surface area (Å²) in [7, 11) is 0. The number of amides is 1. The van der Waals surface area contributed by atoms with E-state index in [4.69, 9.17) is 11.6 Å². The lowest BCUT2D eigenvalue weighted by atomic mass is 10.0. The van der Waals surface area contributed by atoms with Gasteiger partial charge in [-0.15, -0.1) is 0 Å². The van der Waals surface area contributed by atoms with Crippen LogP contribution in [-0.4, -0.2) is 23.4 Å². The van der Waals surface area contributed by atoms with Crippen molar-refractivity contribution in [2.45, 2.75) is 32.2 Å². The zero-order valence-corrected chi connectivity index (χ0v) is 10.5. The van der Waals surface area contributed by atoms with Crippen molar-refractivity contribution in [1.29, 1.82) is 0 Å². The van der Waals surface area contributed by atoms with Crippen molar-refractivity contribution < 1.29 is 9.18 Å². The van der Waals surface area contributed by atoms with Crippen LogP contribution in [0.2, 0.25) is 5.02 Å². The number of piperidine rings is 1. The first-order chi connectivity index (χ1) is 8.09. The van der Waals surface area contributed by atoms with Gasteiger partial charge in [-0.1, -0.05) is 11.6 Å². The Labute approximate surface area is 105 Å². The maximum absolute atomic E-state index is 13.6. The van der Waals surface area contributed by atoms with Gasteiger partial charge in [0.05, 0.1) is 5.56 Å². The second-order valence-corrected chi connectivity index (χ2v) is 4.90. The molecule has 1 unspecified atom stereocenters. The standard InChI is InChI=1S/C13H15ClFNO/c1-9-4-2-3-7-16(9)13(17)11-8-10(14)5-6-12(11)15/h5-6,8-9H,2-4,7H2,1H3. The predicted molar refractivity (Wildman–Crippen MR) is 65.8 cm³/mol. The fourth-order valence-electron chi connectivity index (χ4n) is 2.22. The Morgan fingerprint density at radius 3 is 2.94 bits per heavy atom. The molecule has 0 bridgehead atoms. The molecule has 1 fully saturated rings. The first-order valence-electron chi connectivity index (χ1n) is 5.85. The molecule has 0 N–H and O–H groups in total. The zero-order valence-electron chi connectivity index (χ0n) is 9.75. The Balaban J connectivity index is 2.26. The highest BCUT2D eigenvalue weighted by molar-refractivity contribution is 6.31. The molecular formula is C13H15ClFNO. The van der Waals surface area contributed by atoms with Crippen LogP contribution in [0.5, 0.6) is 0 Å². The number of halogens is 2. The maximum atomic E-state index is 13.6. The molecule has 0 radical (unpaired) electrons. The molecule has 2 rings (SSSR count). The normalized spacial score (nSPS) is 20.4. The van der Waals surface area contributed by atoms with Gasteiger partial charge in [0.15, 0.2) is 0 Å². The fourth-order valence-corrected chi connectivity index (χ4v) is 2.39. The van der Waals surface area contributed by atoms with Crippen LogP contribution in [0.15, 0.2) is 18.2 Å². The van der Waals surface area contributed by atoms with Gasteiger partial charge in [-0.3, -0.25) is 4.79 Å². The number of rotatable bonds is 1. The molecular weight excluding hydrogens is 241 g/mol. The van der Waals surface area contributed by atoms with E-state index < -0.39 is 5.82 Å². The summed E-state index contributed by atoms with van der Waals surface area (Å²) in [6.07, 6.45) is 3.09. The molecule has 1 aliphatic rings. The lowest BCUT2D eigenvalue weighted by Gasteiger charge is -2.33. The monoisotopic (exact) mass is 255 g/mol. The molecule has 1 aliphatic heterocycles. The van der Waals surface area contributed by atoms with Crippen LogP contribution < -0.4 is 0 Å². The van der Waals surface area contributed by atoms with Crippen molar-refractivity contribution in [3.8, 4) is 0 Å². The van der Waals surface area contributed by atoms with E-state index in [0.717, 1.165) is 19.3 Å². The highest BCUT2D eigenvalue weighted by atomic mass is 35.5. The minimum atomic E-state index is -0.503. The van der Waals surface area contributed by atoms with Crippen molar-refractivity contribution in [3.63, 3.8) is 0 Å². The van der Waals surface area contributed by atoms with Gasteiger partial charge < -0.3 is 4.90 Å². The maximum Gasteiger partial charge on any atom is 0.257 e. The van der Waals surface area contributed by atoms with Gasteiger partial charge in [-0.05, 0) is 44.4 Å². The molecule has 4 heteroatoms. The summed E-state index contributed by atoms with van der Waals surface area (Å²) in [5, 5.41) is 0.388. The quantitative estimate of drug-likeness (QED) is 0.752. The zero-order chi connectivity index (χ0) is 12.4. The molecule has 2 nitrogen and oxygen atoms in total. The number of carbonyl (C=O) groups is 1. The SMILES string of the molecule is CC1CCCCN1C(=O)c1cc(Cl)ccc1F. The molecule has 1 aromatic rings. The number of hydrogen-bond donors (Lipinski definition) is 0. The van der Waals surface area contributed by atoms with E-state index >= 15 is 0 Å². The van der Waals surface area contributed by atoms with Crippen molar-refractivity contribution in [3.05, 3.63) is 34.6 Å². The average molecular weight is 256 g/mol. The van der Waals surface area contributed by atoms with E-state index in [1.807, 2.05) is 6.92 Å². The number of hydrogen-bond acceptors (Lipinski definition) is 1. The molecule has 0 aromatic heterocycles. The lowest BCUT2D eigenvalue weighted by Crippen LogP contribution is -2.42. The summed E-state index contributed by atoms with van der Waals surface area (Å²) < 4.78 is 13.6.